The van der Waals surface area contributed by atoms with E-state index in [9.17, 15) is 0 Å². The molecule has 1 fully saturated rings. The van der Waals surface area contributed by atoms with E-state index < -0.39 is 0 Å². The maximum atomic E-state index is 6.20. The molecule has 0 saturated carbocycles. The molecule has 9 nitrogen and oxygen atoms in total. The summed E-state index contributed by atoms with van der Waals surface area (Å²) >= 11 is 0. The lowest BCUT2D eigenvalue weighted by molar-refractivity contribution is 0.378. The van der Waals surface area contributed by atoms with Crippen LogP contribution < -0.4 is 10.6 Å². The van der Waals surface area contributed by atoms with Crippen molar-refractivity contribution >= 4 is 35.9 Å². The Kier molecular flexibility index (Phi) is 6.96. The van der Waals surface area contributed by atoms with Crippen molar-refractivity contribution in [2.75, 3.05) is 31.1 Å². The van der Waals surface area contributed by atoms with Gasteiger partial charge in [0, 0.05) is 57.2 Å². The number of hydrogen-bond donors (Lipinski definition) is 1. The van der Waals surface area contributed by atoms with Crippen LogP contribution in [0.1, 0.15) is 11.4 Å². The minimum atomic E-state index is 0. The van der Waals surface area contributed by atoms with Gasteiger partial charge in [0.15, 0.2) is 5.96 Å². The fourth-order valence-electron chi connectivity index (χ4n) is 3.14. The number of imidazole rings is 1. The van der Waals surface area contributed by atoms with E-state index in [-0.39, 0.29) is 24.0 Å². The van der Waals surface area contributed by atoms with Crippen molar-refractivity contribution < 1.29 is 0 Å². The highest BCUT2D eigenvalue weighted by molar-refractivity contribution is 14.0. The zero-order valence-electron chi connectivity index (χ0n) is 16.2. The number of rotatable bonds is 4. The summed E-state index contributed by atoms with van der Waals surface area (Å²) in [7, 11) is 0. The summed E-state index contributed by atoms with van der Waals surface area (Å²) in [5.41, 5.74) is 7.22. The van der Waals surface area contributed by atoms with Crippen LogP contribution in [0.2, 0.25) is 0 Å². The lowest BCUT2D eigenvalue weighted by Crippen LogP contribution is -2.51. The molecule has 1 aliphatic heterocycles. The van der Waals surface area contributed by atoms with Crippen LogP contribution in [0.4, 0.5) is 5.95 Å². The molecule has 0 radical (unpaired) electrons. The van der Waals surface area contributed by atoms with Crippen molar-refractivity contribution in [1.29, 1.82) is 0 Å². The third-order valence-electron chi connectivity index (χ3n) is 4.74. The minimum absolute atomic E-state index is 0. The van der Waals surface area contributed by atoms with Gasteiger partial charge in [0.25, 0.3) is 0 Å². The maximum Gasteiger partial charge on any atom is 0.225 e. The van der Waals surface area contributed by atoms with Crippen LogP contribution in [0.5, 0.6) is 0 Å². The zero-order chi connectivity index (χ0) is 19.3. The first-order valence-corrected chi connectivity index (χ1v) is 9.23. The van der Waals surface area contributed by atoms with Gasteiger partial charge in [0.05, 0.1) is 6.54 Å². The number of pyridine rings is 1. The summed E-state index contributed by atoms with van der Waals surface area (Å²) in [6.45, 7) is 5.69. The second kappa shape index (κ2) is 9.63. The van der Waals surface area contributed by atoms with Crippen molar-refractivity contribution in [3.8, 4) is 5.82 Å². The third kappa shape index (κ3) is 5.00. The molecule has 29 heavy (non-hydrogen) atoms. The van der Waals surface area contributed by atoms with E-state index >= 15 is 0 Å². The molecule has 0 aliphatic carbocycles. The Labute approximate surface area is 186 Å². The number of halogens is 1. The molecule has 0 atom stereocenters. The molecule has 10 heteroatoms. The van der Waals surface area contributed by atoms with Crippen molar-refractivity contribution in [2.24, 2.45) is 10.7 Å². The minimum Gasteiger partial charge on any atom is -0.370 e. The summed E-state index contributed by atoms with van der Waals surface area (Å²) in [6, 6.07) is 5.81. The smallest absolute Gasteiger partial charge is 0.225 e. The van der Waals surface area contributed by atoms with Crippen LogP contribution in [0.25, 0.3) is 5.82 Å². The van der Waals surface area contributed by atoms with Crippen LogP contribution >= 0.6 is 24.0 Å². The summed E-state index contributed by atoms with van der Waals surface area (Å²) in [5.74, 6) is 3.07. The van der Waals surface area contributed by atoms with E-state index in [1.165, 1.54) is 0 Å². The van der Waals surface area contributed by atoms with Crippen molar-refractivity contribution in [3.63, 3.8) is 0 Å². The normalized spacial score (nSPS) is 14.6. The lowest BCUT2D eigenvalue weighted by atomic mass is 10.3. The first kappa shape index (κ1) is 21.0. The van der Waals surface area contributed by atoms with Crippen molar-refractivity contribution in [2.45, 2.75) is 13.5 Å². The Morgan fingerprint density at radius 3 is 2.41 bits per heavy atom. The highest BCUT2D eigenvalue weighted by Crippen LogP contribution is 2.11. The van der Waals surface area contributed by atoms with Crippen LogP contribution in [0.3, 0.4) is 0 Å². The van der Waals surface area contributed by atoms with Gasteiger partial charge in [-0.25, -0.2) is 24.9 Å². The Bertz CT molecular complexity index is 932. The molecule has 0 aromatic carbocycles. The first-order valence-electron chi connectivity index (χ1n) is 9.23. The van der Waals surface area contributed by atoms with Gasteiger partial charge in [-0.2, -0.15) is 0 Å². The number of anilines is 1. The van der Waals surface area contributed by atoms with E-state index in [2.05, 4.69) is 34.7 Å². The number of piperazine rings is 1. The molecule has 4 heterocycles. The number of aromatic nitrogens is 5. The molecule has 0 unspecified atom stereocenters. The monoisotopic (exact) mass is 505 g/mol. The standard InChI is InChI=1S/C19H23N9.HI/c1-15-21-7-8-28(15)17-4-3-16(13-24-17)14-25-18(20)26-9-11-27(12-10-26)19-22-5-2-6-23-19;/h2-8,13H,9-12,14H2,1H3,(H2,20,25);1H. The molecule has 4 rings (SSSR count). The van der Waals surface area contributed by atoms with E-state index in [1.54, 1.807) is 18.6 Å². The summed E-state index contributed by atoms with van der Waals surface area (Å²) in [5, 5.41) is 0. The quantitative estimate of drug-likeness (QED) is 0.327. The summed E-state index contributed by atoms with van der Waals surface area (Å²) < 4.78 is 1.94. The van der Waals surface area contributed by atoms with Gasteiger partial charge in [-0.1, -0.05) is 6.07 Å². The Hall–Kier alpha value is -2.76. The van der Waals surface area contributed by atoms with Gasteiger partial charge in [0.1, 0.15) is 11.6 Å². The van der Waals surface area contributed by atoms with E-state index in [0.717, 1.165) is 49.3 Å². The second-order valence-corrected chi connectivity index (χ2v) is 6.57. The van der Waals surface area contributed by atoms with Crippen LogP contribution in [-0.4, -0.2) is 61.5 Å². The topological polar surface area (TPSA) is 101 Å². The molecule has 0 amide bonds. The van der Waals surface area contributed by atoms with E-state index in [0.29, 0.717) is 12.5 Å². The van der Waals surface area contributed by atoms with Gasteiger partial charge in [-0.05, 0) is 24.6 Å². The Morgan fingerprint density at radius 1 is 1.03 bits per heavy atom. The number of aryl methyl sites for hydroxylation is 1. The van der Waals surface area contributed by atoms with Gasteiger partial charge >= 0.3 is 0 Å². The predicted octanol–water partition coefficient (Wildman–Crippen LogP) is 1.62. The fraction of sp³-hybridized carbons (Fsp3) is 0.316. The number of aliphatic imine (C=N–C) groups is 1. The summed E-state index contributed by atoms with van der Waals surface area (Å²) in [6.07, 6.45) is 9.01. The van der Waals surface area contributed by atoms with Crippen molar-refractivity contribution in [3.05, 3.63) is 60.6 Å². The highest BCUT2D eigenvalue weighted by atomic mass is 127. The fourth-order valence-corrected chi connectivity index (χ4v) is 3.14. The third-order valence-corrected chi connectivity index (χ3v) is 4.74. The Morgan fingerprint density at radius 2 is 1.79 bits per heavy atom. The molecule has 1 saturated heterocycles. The average molecular weight is 505 g/mol. The van der Waals surface area contributed by atoms with Gasteiger partial charge < -0.3 is 15.5 Å². The highest BCUT2D eigenvalue weighted by Gasteiger charge is 2.19. The molecule has 0 bridgehead atoms. The number of guanidine groups is 1. The average Bonchev–Trinajstić information content (AvgIpc) is 3.19. The van der Waals surface area contributed by atoms with Gasteiger partial charge in [0.2, 0.25) is 5.95 Å². The number of nitrogens with zero attached hydrogens (tertiary/aromatic N) is 8. The molecule has 3 aromatic heterocycles. The second-order valence-electron chi connectivity index (χ2n) is 6.57. The Balaban J connectivity index is 0.00000240. The molecular formula is C19H24IN9. The zero-order valence-corrected chi connectivity index (χ0v) is 18.5. The molecule has 1 aliphatic rings. The van der Waals surface area contributed by atoms with Crippen LogP contribution in [0, 0.1) is 6.92 Å². The van der Waals surface area contributed by atoms with Gasteiger partial charge in [-0.3, -0.25) is 4.57 Å². The van der Waals surface area contributed by atoms with Gasteiger partial charge in [-0.15, -0.1) is 24.0 Å². The van der Waals surface area contributed by atoms with Crippen molar-refractivity contribution in [1.82, 2.24) is 29.4 Å². The van der Waals surface area contributed by atoms with Crippen LogP contribution in [-0.2, 0) is 6.54 Å². The largest absolute Gasteiger partial charge is 0.370 e. The predicted molar refractivity (Wildman–Crippen MR) is 123 cm³/mol. The SMILES string of the molecule is Cc1nccn1-c1ccc(CN=C(N)N2CCN(c3ncccn3)CC2)cn1.I. The summed E-state index contributed by atoms with van der Waals surface area (Å²) in [4.78, 5) is 26.1. The molecule has 2 N–H and O–H groups in total. The number of nitrogens with two attached hydrogens (primary N) is 1. The molecular weight excluding hydrogens is 481 g/mol. The number of hydrogen-bond acceptors (Lipinski definition) is 6. The van der Waals surface area contributed by atoms with E-state index in [4.69, 9.17) is 5.73 Å². The molecule has 152 valence electrons. The van der Waals surface area contributed by atoms with E-state index in [1.807, 2.05) is 42.1 Å². The first-order chi connectivity index (χ1) is 13.7. The molecule has 3 aromatic rings. The lowest BCUT2D eigenvalue weighted by Gasteiger charge is -2.35. The van der Waals surface area contributed by atoms with Crippen LogP contribution in [0.15, 0.2) is 54.2 Å². The molecule has 0 spiro atoms. The maximum absolute atomic E-state index is 6.20.